The predicted molar refractivity (Wildman–Crippen MR) is 75.3 cm³/mol. The van der Waals surface area contributed by atoms with Crippen LogP contribution in [0.15, 0.2) is 6.07 Å². The summed E-state index contributed by atoms with van der Waals surface area (Å²) in [6.45, 7) is 6.33. The van der Waals surface area contributed by atoms with Crippen LogP contribution in [0.2, 0.25) is 0 Å². The van der Waals surface area contributed by atoms with Crippen molar-refractivity contribution in [2.24, 2.45) is 5.41 Å². The molecule has 2 rings (SSSR count). The smallest absolute Gasteiger partial charge is 0.171 e. The van der Waals surface area contributed by atoms with E-state index in [1.165, 1.54) is 0 Å². The summed E-state index contributed by atoms with van der Waals surface area (Å²) in [7, 11) is 3.20. The van der Waals surface area contributed by atoms with E-state index < -0.39 is 0 Å². The molecule has 104 valence electrons. The number of fused-ring (bicyclic) bond motifs is 1. The molecule has 1 aliphatic rings. The molecular formula is C16H22O3. The standard InChI is InChI=1S/C16H22O3/c1-10-8-13(18-4)15(19-5)14-11(10)6-7-16(2,3)9-12(14)17/h8H,6-7,9H2,1-5H3. The van der Waals surface area contributed by atoms with Gasteiger partial charge in [0, 0.05) is 6.42 Å². The minimum Gasteiger partial charge on any atom is -0.493 e. The topological polar surface area (TPSA) is 35.5 Å². The second-order valence-electron chi connectivity index (χ2n) is 6.05. The molecule has 0 bridgehead atoms. The summed E-state index contributed by atoms with van der Waals surface area (Å²) >= 11 is 0. The Morgan fingerprint density at radius 1 is 1.21 bits per heavy atom. The first-order chi connectivity index (χ1) is 8.89. The molecule has 0 amide bonds. The lowest BCUT2D eigenvalue weighted by atomic mass is 9.84. The number of ketones is 1. The molecule has 1 aromatic rings. The highest BCUT2D eigenvalue weighted by molar-refractivity contribution is 6.02. The molecule has 19 heavy (non-hydrogen) atoms. The third-order valence-corrected chi connectivity index (χ3v) is 3.97. The van der Waals surface area contributed by atoms with Gasteiger partial charge < -0.3 is 9.47 Å². The fourth-order valence-corrected chi connectivity index (χ4v) is 2.85. The number of carbonyl (C=O) groups excluding carboxylic acids is 1. The average molecular weight is 262 g/mol. The van der Waals surface area contributed by atoms with Crippen molar-refractivity contribution in [1.82, 2.24) is 0 Å². The molecule has 0 atom stereocenters. The first-order valence-corrected chi connectivity index (χ1v) is 6.67. The lowest BCUT2D eigenvalue weighted by Gasteiger charge is -2.20. The van der Waals surface area contributed by atoms with Crippen molar-refractivity contribution in [2.45, 2.75) is 40.0 Å². The van der Waals surface area contributed by atoms with Gasteiger partial charge in [-0.3, -0.25) is 4.79 Å². The van der Waals surface area contributed by atoms with Crippen LogP contribution >= 0.6 is 0 Å². The quantitative estimate of drug-likeness (QED) is 0.764. The summed E-state index contributed by atoms with van der Waals surface area (Å²) in [6, 6.07) is 1.96. The monoisotopic (exact) mass is 262 g/mol. The van der Waals surface area contributed by atoms with E-state index in [-0.39, 0.29) is 11.2 Å². The van der Waals surface area contributed by atoms with Gasteiger partial charge in [0.25, 0.3) is 0 Å². The number of hydrogen-bond donors (Lipinski definition) is 0. The van der Waals surface area contributed by atoms with E-state index in [1.54, 1.807) is 14.2 Å². The Morgan fingerprint density at radius 3 is 2.47 bits per heavy atom. The lowest BCUT2D eigenvalue weighted by molar-refractivity contribution is 0.0931. The molecule has 0 aromatic heterocycles. The van der Waals surface area contributed by atoms with Crippen LogP contribution < -0.4 is 9.47 Å². The van der Waals surface area contributed by atoms with Crippen LogP contribution in [0.1, 0.15) is 48.2 Å². The lowest BCUT2D eigenvalue weighted by Crippen LogP contribution is -2.15. The van der Waals surface area contributed by atoms with Gasteiger partial charge in [-0.15, -0.1) is 0 Å². The van der Waals surface area contributed by atoms with Crippen molar-refractivity contribution in [2.75, 3.05) is 14.2 Å². The SMILES string of the molecule is COc1cc(C)c2c(c1OC)C(=O)CC(C)(C)CC2. The number of hydrogen-bond acceptors (Lipinski definition) is 3. The maximum atomic E-state index is 12.6. The number of aryl methyl sites for hydroxylation is 1. The number of benzene rings is 1. The molecule has 3 heteroatoms. The highest BCUT2D eigenvalue weighted by Crippen LogP contribution is 2.42. The van der Waals surface area contributed by atoms with Gasteiger partial charge in [0.1, 0.15) is 0 Å². The zero-order valence-corrected chi connectivity index (χ0v) is 12.4. The molecule has 0 radical (unpaired) electrons. The Hall–Kier alpha value is -1.51. The average Bonchev–Trinajstić information content (AvgIpc) is 2.46. The van der Waals surface area contributed by atoms with E-state index in [2.05, 4.69) is 13.8 Å². The molecule has 0 heterocycles. The Balaban J connectivity index is 2.66. The summed E-state index contributed by atoms with van der Waals surface area (Å²) in [5, 5.41) is 0. The Morgan fingerprint density at radius 2 is 1.89 bits per heavy atom. The van der Waals surface area contributed by atoms with E-state index in [1.807, 2.05) is 13.0 Å². The van der Waals surface area contributed by atoms with Gasteiger partial charge >= 0.3 is 0 Å². The minimum absolute atomic E-state index is 0.0425. The summed E-state index contributed by atoms with van der Waals surface area (Å²) in [5.74, 6) is 1.40. The zero-order valence-electron chi connectivity index (χ0n) is 12.4. The second kappa shape index (κ2) is 4.87. The first kappa shape index (κ1) is 13.9. The Kier molecular flexibility index (Phi) is 3.57. The van der Waals surface area contributed by atoms with Crippen LogP contribution in [0.4, 0.5) is 0 Å². The molecule has 0 spiro atoms. The third kappa shape index (κ3) is 2.46. The molecule has 0 unspecified atom stereocenters. The van der Waals surface area contributed by atoms with Crippen LogP contribution in [-0.2, 0) is 6.42 Å². The molecule has 3 nitrogen and oxygen atoms in total. The van der Waals surface area contributed by atoms with Gasteiger partial charge in [-0.2, -0.15) is 0 Å². The van der Waals surface area contributed by atoms with E-state index in [0.717, 1.165) is 29.5 Å². The predicted octanol–water partition coefficient (Wildman–Crippen LogP) is 3.56. The van der Waals surface area contributed by atoms with Crippen molar-refractivity contribution in [3.8, 4) is 11.5 Å². The second-order valence-corrected chi connectivity index (χ2v) is 6.05. The van der Waals surface area contributed by atoms with Crippen LogP contribution in [0.25, 0.3) is 0 Å². The number of Topliss-reactive ketones (excluding diaryl/α,β-unsaturated/α-hetero) is 1. The van der Waals surface area contributed by atoms with E-state index in [4.69, 9.17) is 9.47 Å². The largest absolute Gasteiger partial charge is 0.493 e. The molecule has 0 saturated heterocycles. The van der Waals surface area contributed by atoms with Gasteiger partial charge in [-0.1, -0.05) is 13.8 Å². The Labute approximate surface area is 114 Å². The van der Waals surface area contributed by atoms with Crippen molar-refractivity contribution in [1.29, 1.82) is 0 Å². The van der Waals surface area contributed by atoms with Gasteiger partial charge in [-0.05, 0) is 42.4 Å². The van der Waals surface area contributed by atoms with Gasteiger partial charge in [0.15, 0.2) is 17.3 Å². The molecular weight excluding hydrogens is 240 g/mol. The third-order valence-electron chi connectivity index (χ3n) is 3.97. The van der Waals surface area contributed by atoms with Crippen molar-refractivity contribution in [3.05, 3.63) is 22.8 Å². The van der Waals surface area contributed by atoms with Crippen LogP contribution in [0.5, 0.6) is 11.5 Å². The fourth-order valence-electron chi connectivity index (χ4n) is 2.85. The Bertz CT molecular complexity index is 515. The highest BCUT2D eigenvalue weighted by Gasteiger charge is 2.32. The number of methoxy groups -OCH3 is 2. The normalized spacial score (nSPS) is 17.6. The van der Waals surface area contributed by atoms with Crippen LogP contribution in [0.3, 0.4) is 0 Å². The van der Waals surface area contributed by atoms with Gasteiger partial charge in [0.05, 0.1) is 19.8 Å². The van der Waals surface area contributed by atoms with Crippen molar-refractivity contribution >= 4 is 5.78 Å². The van der Waals surface area contributed by atoms with Crippen molar-refractivity contribution in [3.63, 3.8) is 0 Å². The molecule has 1 aromatic carbocycles. The number of carbonyl (C=O) groups is 1. The molecule has 0 aliphatic heterocycles. The van der Waals surface area contributed by atoms with Crippen LogP contribution in [-0.4, -0.2) is 20.0 Å². The van der Waals surface area contributed by atoms with Crippen molar-refractivity contribution < 1.29 is 14.3 Å². The minimum atomic E-state index is 0.0425. The van der Waals surface area contributed by atoms with Gasteiger partial charge in [0.2, 0.25) is 0 Å². The molecule has 0 N–H and O–H groups in total. The summed E-state index contributed by atoms with van der Waals surface area (Å²) < 4.78 is 10.8. The first-order valence-electron chi connectivity index (χ1n) is 6.67. The molecule has 1 aliphatic carbocycles. The summed E-state index contributed by atoms with van der Waals surface area (Å²) in [5.41, 5.74) is 3.00. The van der Waals surface area contributed by atoms with E-state index in [9.17, 15) is 4.79 Å². The fraction of sp³-hybridized carbons (Fsp3) is 0.562. The highest BCUT2D eigenvalue weighted by atomic mass is 16.5. The van der Waals surface area contributed by atoms with Gasteiger partial charge in [-0.25, -0.2) is 0 Å². The molecule has 0 fully saturated rings. The maximum Gasteiger partial charge on any atom is 0.171 e. The zero-order chi connectivity index (χ0) is 14.2. The van der Waals surface area contributed by atoms with E-state index >= 15 is 0 Å². The number of rotatable bonds is 2. The van der Waals surface area contributed by atoms with E-state index in [0.29, 0.717) is 17.9 Å². The number of ether oxygens (including phenoxy) is 2. The molecule has 0 saturated carbocycles. The summed E-state index contributed by atoms with van der Waals surface area (Å²) in [6.07, 6.45) is 2.49. The summed E-state index contributed by atoms with van der Waals surface area (Å²) in [4.78, 5) is 12.6. The maximum absolute atomic E-state index is 12.6. The van der Waals surface area contributed by atoms with Crippen LogP contribution in [0, 0.1) is 12.3 Å².